The first-order chi connectivity index (χ1) is 13.0. The lowest BCUT2D eigenvalue weighted by Crippen LogP contribution is -2.18. The maximum absolute atomic E-state index is 13.6. The third-order valence-corrected chi connectivity index (χ3v) is 4.91. The van der Waals surface area contributed by atoms with Crippen LogP contribution in [0.25, 0.3) is 0 Å². The minimum atomic E-state index is -3.69. The summed E-state index contributed by atoms with van der Waals surface area (Å²) in [5.41, 5.74) is 1.16. The molecule has 0 bridgehead atoms. The van der Waals surface area contributed by atoms with Crippen molar-refractivity contribution in [1.82, 2.24) is 4.83 Å². The summed E-state index contributed by atoms with van der Waals surface area (Å²) in [6.07, 6.45) is 1.39. The molecule has 0 saturated carbocycles. The lowest BCUT2D eigenvalue weighted by molar-refractivity contribution is 0.300. The van der Waals surface area contributed by atoms with Crippen LogP contribution in [0.1, 0.15) is 11.1 Å². The molecule has 0 aromatic heterocycles. The minimum absolute atomic E-state index is 0.122. The highest BCUT2D eigenvalue weighted by Gasteiger charge is 2.10. The van der Waals surface area contributed by atoms with Gasteiger partial charge in [0.2, 0.25) is 0 Å². The smallest absolute Gasteiger partial charge is 0.276 e. The fourth-order valence-corrected chi connectivity index (χ4v) is 3.06. The molecular weight excluding hydrogens is 367 g/mol. The van der Waals surface area contributed by atoms with Crippen LogP contribution >= 0.6 is 0 Å². The number of nitrogens with one attached hydrogen (secondary N) is 1. The van der Waals surface area contributed by atoms with Crippen LogP contribution in [-0.2, 0) is 16.6 Å². The van der Waals surface area contributed by atoms with Gasteiger partial charge in [-0.25, -0.2) is 9.22 Å². The van der Waals surface area contributed by atoms with Crippen molar-refractivity contribution in [3.05, 3.63) is 95.8 Å². The van der Waals surface area contributed by atoms with Crippen LogP contribution < -0.4 is 9.57 Å². The summed E-state index contributed by atoms with van der Waals surface area (Å²) in [6, 6.07) is 21.2. The van der Waals surface area contributed by atoms with Gasteiger partial charge in [-0.15, -0.1) is 0 Å². The molecule has 3 rings (SSSR count). The Kier molecular flexibility index (Phi) is 5.83. The van der Waals surface area contributed by atoms with Gasteiger partial charge in [-0.1, -0.05) is 36.4 Å². The van der Waals surface area contributed by atoms with Crippen LogP contribution in [-0.4, -0.2) is 14.6 Å². The first-order valence-electron chi connectivity index (χ1n) is 8.11. The summed E-state index contributed by atoms with van der Waals surface area (Å²) in [4.78, 5) is 2.30. The van der Waals surface area contributed by atoms with Crippen molar-refractivity contribution in [1.29, 1.82) is 0 Å². The topological polar surface area (TPSA) is 67.8 Å². The van der Waals surface area contributed by atoms with Crippen LogP contribution in [0, 0.1) is 5.82 Å². The second kappa shape index (κ2) is 8.46. The van der Waals surface area contributed by atoms with E-state index in [1.165, 1.54) is 24.4 Å². The molecule has 0 unspecified atom stereocenters. The molecule has 7 heteroatoms. The number of sulfonamides is 1. The zero-order valence-corrected chi connectivity index (χ0v) is 15.1. The summed E-state index contributed by atoms with van der Waals surface area (Å²) < 4.78 is 43.2. The molecule has 0 spiro atoms. The van der Waals surface area contributed by atoms with Gasteiger partial charge in [0.1, 0.15) is 18.2 Å². The van der Waals surface area contributed by atoms with Gasteiger partial charge in [-0.05, 0) is 48.0 Å². The average molecular weight is 384 g/mol. The highest BCUT2D eigenvalue weighted by molar-refractivity contribution is 7.89. The molecule has 0 amide bonds. The standard InChI is InChI=1S/C20H17FN2O3S/c21-20-9-5-4-6-17(20)15-26-18-12-10-16(11-13-18)14-22-23-27(24,25)19-7-2-1-3-8-19/h1-14,23H,15H2/b22-14-. The molecule has 138 valence electrons. The Morgan fingerprint density at radius 2 is 1.59 bits per heavy atom. The lowest BCUT2D eigenvalue weighted by Gasteiger charge is -2.07. The second-order valence-electron chi connectivity index (χ2n) is 5.62. The Labute approximate surface area is 157 Å². The van der Waals surface area contributed by atoms with Crippen LogP contribution in [0.3, 0.4) is 0 Å². The Balaban J connectivity index is 1.57. The van der Waals surface area contributed by atoms with Gasteiger partial charge in [0.05, 0.1) is 11.1 Å². The quantitative estimate of drug-likeness (QED) is 0.499. The summed E-state index contributed by atoms with van der Waals surface area (Å²) in [7, 11) is -3.69. The van der Waals surface area contributed by atoms with Crippen molar-refractivity contribution >= 4 is 16.2 Å². The molecule has 0 heterocycles. The summed E-state index contributed by atoms with van der Waals surface area (Å²) >= 11 is 0. The molecule has 0 aliphatic heterocycles. The molecule has 0 aliphatic rings. The highest BCUT2D eigenvalue weighted by Crippen LogP contribution is 2.15. The van der Waals surface area contributed by atoms with Gasteiger partial charge in [0.15, 0.2) is 0 Å². The maximum atomic E-state index is 13.6. The number of hydrazone groups is 1. The molecule has 3 aromatic rings. The van der Waals surface area contributed by atoms with Gasteiger partial charge < -0.3 is 4.74 Å². The van der Waals surface area contributed by atoms with E-state index in [0.717, 1.165) is 0 Å². The van der Waals surface area contributed by atoms with Gasteiger partial charge in [0, 0.05) is 5.56 Å². The van der Waals surface area contributed by atoms with Crippen molar-refractivity contribution in [3.8, 4) is 5.75 Å². The van der Waals surface area contributed by atoms with Crippen LogP contribution in [0.5, 0.6) is 5.75 Å². The van der Waals surface area contributed by atoms with E-state index in [-0.39, 0.29) is 17.3 Å². The number of rotatable bonds is 7. The van der Waals surface area contributed by atoms with E-state index in [2.05, 4.69) is 9.93 Å². The molecule has 0 fully saturated rings. The fourth-order valence-electron chi connectivity index (χ4n) is 2.25. The number of nitrogens with zero attached hydrogens (tertiary/aromatic N) is 1. The Hall–Kier alpha value is -3.19. The monoisotopic (exact) mass is 384 g/mol. The van der Waals surface area contributed by atoms with Crippen molar-refractivity contribution in [2.45, 2.75) is 11.5 Å². The first-order valence-corrected chi connectivity index (χ1v) is 9.59. The van der Waals surface area contributed by atoms with E-state index in [0.29, 0.717) is 16.9 Å². The minimum Gasteiger partial charge on any atom is -0.489 e. The van der Waals surface area contributed by atoms with E-state index in [1.54, 1.807) is 60.7 Å². The average Bonchev–Trinajstić information content (AvgIpc) is 2.69. The Morgan fingerprint density at radius 1 is 0.926 bits per heavy atom. The summed E-state index contributed by atoms with van der Waals surface area (Å²) in [5, 5.41) is 3.77. The van der Waals surface area contributed by atoms with E-state index in [1.807, 2.05) is 0 Å². The fraction of sp³-hybridized carbons (Fsp3) is 0.0500. The predicted octanol–water partition coefficient (Wildman–Crippen LogP) is 3.72. The lowest BCUT2D eigenvalue weighted by atomic mass is 10.2. The van der Waals surface area contributed by atoms with E-state index < -0.39 is 10.0 Å². The van der Waals surface area contributed by atoms with Crippen molar-refractivity contribution in [2.75, 3.05) is 0 Å². The highest BCUT2D eigenvalue weighted by atomic mass is 32.2. The molecule has 0 aliphatic carbocycles. The van der Waals surface area contributed by atoms with Crippen LogP contribution in [0.2, 0.25) is 0 Å². The third-order valence-electron chi connectivity index (χ3n) is 3.67. The largest absolute Gasteiger partial charge is 0.489 e. The van der Waals surface area contributed by atoms with E-state index in [9.17, 15) is 12.8 Å². The number of hydrogen-bond acceptors (Lipinski definition) is 4. The van der Waals surface area contributed by atoms with Gasteiger partial charge in [-0.3, -0.25) is 0 Å². The van der Waals surface area contributed by atoms with Crippen LogP contribution in [0.4, 0.5) is 4.39 Å². The number of halogens is 1. The predicted molar refractivity (Wildman–Crippen MR) is 102 cm³/mol. The number of benzene rings is 3. The molecular formula is C20H17FN2O3S. The first kappa shape index (κ1) is 18.6. The SMILES string of the molecule is O=S(=O)(N/N=C\c1ccc(OCc2ccccc2F)cc1)c1ccccc1. The molecule has 1 N–H and O–H groups in total. The number of ether oxygens (including phenoxy) is 1. The Bertz CT molecular complexity index is 1020. The zero-order valence-electron chi connectivity index (χ0n) is 14.2. The van der Waals surface area contributed by atoms with Crippen LogP contribution in [0.15, 0.2) is 88.9 Å². The second-order valence-corrected chi connectivity index (χ2v) is 7.28. The molecule has 0 radical (unpaired) electrons. The molecule has 27 heavy (non-hydrogen) atoms. The van der Waals surface area contributed by atoms with Gasteiger partial charge >= 0.3 is 0 Å². The molecule has 0 atom stereocenters. The van der Waals surface area contributed by atoms with Gasteiger partial charge in [0.25, 0.3) is 10.0 Å². The molecule has 0 saturated heterocycles. The van der Waals surface area contributed by atoms with Crippen molar-refractivity contribution in [2.24, 2.45) is 5.10 Å². The Morgan fingerprint density at radius 3 is 2.30 bits per heavy atom. The zero-order chi connectivity index (χ0) is 19.1. The molecule has 3 aromatic carbocycles. The van der Waals surface area contributed by atoms with Crippen molar-refractivity contribution < 1.29 is 17.5 Å². The van der Waals surface area contributed by atoms with Crippen molar-refractivity contribution in [3.63, 3.8) is 0 Å². The normalized spacial score (nSPS) is 11.4. The van der Waals surface area contributed by atoms with E-state index in [4.69, 9.17) is 4.74 Å². The maximum Gasteiger partial charge on any atom is 0.276 e. The third kappa shape index (κ3) is 5.15. The molecule has 5 nitrogen and oxygen atoms in total. The van der Waals surface area contributed by atoms with Gasteiger partial charge in [-0.2, -0.15) is 13.5 Å². The summed E-state index contributed by atoms with van der Waals surface area (Å²) in [5.74, 6) is 0.257. The number of hydrogen-bond donors (Lipinski definition) is 1. The summed E-state index contributed by atoms with van der Waals surface area (Å²) in [6.45, 7) is 0.122. The van der Waals surface area contributed by atoms with E-state index >= 15 is 0 Å².